The third-order valence-corrected chi connectivity index (χ3v) is 4.59. The van der Waals surface area contributed by atoms with Gasteiger partial charge in [-0.05, 0) is 48.6 Å². The van der Waals surface area contributed by atoms with E-state index in [9.17, 15) is 0 Å². The molecular formula is C15H19NO2. The summed E-state index contributed by atoms with van der Waals surface area (Å²) in [5.74, 6) is 2.79. The summed E-state index contributed by atoms with van der Waals surface area (Å²) in [5, 5.41) is 3.67. The molecule has 0 amide bonds. The Labute approximate surface area is 107 Å². The van der Waals surface area contributed by atoms with Gasteiger partial charge in [-0.1, -0.05) is 19.3 Å². The van der Waals surface area contributed by atoms with Crippen molar-refractivity contribution in [3.05, 3.63) is 23.3 Å². The van der Waals surface area contributed by atoms with Gasteiger partial charge in [0.15, 0.2) is 11.5 Å². The van der Waals surface area contributed by atoms with Crippen LogP contribution in [0.25, 0.3) is 0 Å². The van der Waals surface area contributed by atoms with E-state index >= 15 is 0 Å². The zero-order valence-electron chi connectivity index (χ0n) is 10.6. The van der Waals surface area contributed by atoms with Crippen molar-refractivity contribution in [2.24, 2.45) is 5.92 Å². The SMILES string of the molecule is c1c2c(cc3c1OCO3)C(CC1CCC1)NCC2. The molecule has 1 aromatic rings. The molecule has 1 unspecified atom stereocenters. The maximum absolute atomic E-state index is 5.51. The summed E-state index contributed by atoms with van der Waals surface area (Å²) in [7, 11) is 0. The Kier molecular flexibility index (Phi) is 2.47. The Bertz CT molecular complexity index is 468. The highest BCUT2D eigenvalue weighted by molar-refractivity contribution is 5.50. The van der Waals surface area contributed by atoms with E-state index in [0.717, 1.165) is 30.4 Å². The van der Waals surface area contributed by atoms with Crippen LogP contribution >= 0.6 is 0 Å². The van der Waals surface area contributed by atoms with Gasteiger partial charge in [0.2, 0.25) is 6.79 Å². The number of ether oxygens (including phenoxy) is 2. The zero-order chi connectivity index (χ0) is 11.9. The molecule has 0 radical (unpaired) electrons. The molecule has 2 aliphatic heterocycles. The number of hydrogen-bond acceptors (Lipinski definition) is 3. The van der Waals surface area contributed by atoms with Crippen LogP contribution in [0.4, 0.5) is 0 Å². The first-order valence-corrected chi connectivity index (χ1v) is 7.06. The molecule has 96 valence electrons. The zero-order valence-corrected chi connectivity index (χ0v) is 10.6. The van der Waals surface area contributed by atoms with E-state index < -0.39 is 0 Å². The van der Waals surface area contributed by atoms with Crippen molar-refractivity contribution in [1.29, 1.82) is 0 Å². The van der Waals surface area contributed by atoms with Crippen molar-refractivity contribution < 1.29 is 9.47 Å². The van der Waals surface area contributed by atoms with Gasteiger partial charge in [0.1, 0.15) is 0 Å². The second-order valence-electron chi connectivity index (χ2n) is 5.69. The van der Waals surface area contributed by atoms with E-state index in [0.29, 0.717) is 12.8 Å². The van der Waals surface area contributed by atoms with E-state index in [2.05, 4.69) is 17.4 Å². The van der Waals surface area contributed by atoms with E-state index in [1.165, 1.54) is 36.8 Å². The lowest BCUT2D eigenvalue weighted by molar-refractivity contribution is 0.174. The van der Waals surface area contributed by atoms with E-state index in [4.69, 9.17) is 9.47 Å². The molecule has 4 rings (SSSR count). The Morgan fingerprint density at radius 1 is 1.17 bits per heavy atom. The van der Waals surface area contributed by atoms with Crippen LogP contribution < -0.4 is 14.8 Å². The fraction of sp³-hybridized carbons (Fsp3) is 0.600. The normalized spacial score (nSPS) is 25.7. The summed E-state index contributed by atoms with van der Waals surface area (Å²) in [6.07, 6.45) is 6.64. The Morgan fingerprint density at radius 2 is 2.00 bits per heavy atom. The lowest BCUT2D eigenvalue weighted by Gasteiger charge is -2.33. The molecule has 0 bridgehead atoms. The maximum Gasteiger partial charge on any atom is 0.231 e. The van der Waals surface area contributed by atoms with E-state index in [1.807, 2.05) is 0 Å². The smallest absolute Gasteiger partial charge is 0.231 e. The largest absolute Gasteiger partial charge is 0.454 e. The molecular weight excluding hydrogens is 226 g/mol. The molecule has 1 aromatic carbocycles. The summed E-state index contributed by atoms with van der Waals surface area (Å²) < 4.78 is 11.0. The highest BCUT2D eigenvalue weighted by Gasteiger charge is 2.28. The van der Waals surface area contributed by atoms with Gasteiger partial charge >= 0.3 is 0 Å². The van der Waals surface area contributed by atoms with Gasteiger partial charge < -0.3 is 14.8 Å². The van der Waals surface area contributed by atoms with Crippen LogP contribution in [0.5, 0.6) is 11.5 Å². The number of benzene rings is 1. The average Bonchev–Trinajstić information content (AvgIpc) is 2.78. The van der Waals surface area contributed by atoms with E-state index in [-0.39, 0.29) is 0 Å². The molecule has 3 nitrogen and oxygen atoms in total. The quantitative estimate of drug-likeness (QED) is 0.869. The second kappa shape index (κ2) is 4.16. The minimum Gasteiger partial charge on any atom is -0.454 e. The van der Waals surface area contributed by atoms with Crippen molar-refractivity contribution in [2.45, 2.75) is 38.1 Å². The fourth-order valence-corrected chi connectivity index (χ4v) is 3.30. The second-order valence-corrected chi connectivity index (χ2v) is 5.69. The monoisotopic (exact) mass is 245 g/mol. The molecule has 1 atom stereocenters. The number of nitrogens with one attached hydrogen (secondary N) is 1. The minimum absolute atomic E-state index is 0.374. The van der Waals surface area contributed by atoms with Crippen LogP contribution in [-0.2, 0) is 6.42 Å². The van der Waals surface area contributed by atoms with Crippen LogP contribution in [0.15, 0.2) is 12.1 Å². The Morgan fingerprint density at radius 3 is 2.78 bits per heavy atom. The average molecular weight is 245 g/mol. The van der Waals surface area contributed by atoms with Crippen LogP contribution in [0.2, 0.25) is 0 Å². The van der Waals surface area contributed by atoms with Crippen molar-refractivity contribution >= 4 is 0 Å². The predicted molar refractivity (Wildman–Crippen MR) is 69.0 cm³/mol. The topological polar surface area (TPSA) is 30.5 Å². The van der Waals surface area contributed by atoms with Crippen LogP contribution in [-0.4, -0.2) is 13.3 Å². The number of rotatable bonds is 2. The van der Waals surface area contributed by atoms with Crippen molar-refractivity contribution in [2.75, 3.05) is 13.3 Å². The molecule has 18 heavy (non-hydrogen) atoms. The molecule has 0 spiro atoms. The molecule has 0 aromatic heterocycles. The first-order valence-electron chi connectivity index (χ1n) is 7.06. The highest BCUT2D eigenvalue weighted by Crippen LogP contribution is 2.41. The molecule has 3 aliphatic rings. The van der Waals surface area contributed by atoms with Gasteiger partial charge in [0.05, 0.1) is 0 Å². The molecule has 1 N–H and O–H groups in total. The number of fused-ring (bicyclic) bond motifs is 2. The fourth-order valence-electron chi connectivity index (χ4n) is 3.30. The first-order chi connectivity index (χ1) is 8.90. The molecule has 1 saturated carbocycles. The summed E-state index contributed by atoms with van der Waals surface area (Å²) in [4.78, 5) is 0. The van der Waals surface area contributed by atoms with Gasteiger partial charge in [-0.25, -0.2) is 0 Å². The highest BCUT2D eigenvalue weighted by atomic mass is 16.7. The van der Waals surface area contributed by atoms with Gasteiger partial charge in [-0.3, -0.25) is 0 Å². The third-order valence-electron chi connectivity index (χ3n) is 4.59. The standard InChI is InChI=1S/C15H19NO2/c1-2-10(3-1)6-13-12-8-15-14(17-9-18-15)7-11(12)4-5-16-13/h7-8,10,13,16H,1-6,9H2. The summed E-state index contributed by atoms with van der Waals surface area (Å²) >= 11 is 0. The van der Waals surface area contributed by atoms with Crippen molar-refractivity contribution in [1.82, 2.24) is 5.32 Å². The predicted octanol–water partition coefficient (Wildman–Crippen LogP) is 2.79. The lowest BCUT2D eigenvalue weighted by Crippen LogP contribution is -2.32. The van der Waals surface area contributed by atoms with Gasteiger partial charge in [0, 0.05) is 6.04 Å². The van der Waals surface area contributed by atoms with Crippen molar-refractivity contribution in [3.63, 3.8) is 0 Å². The van der Waals surface area contributed by atoms with Gasteiger partial charge in [-0.15, -0.1) is 0 Å². The maximum atomic E-state index is 5.51. The molecule has 1 fully saturated rings. The third kappa shape index (κ3) is 1.69. The van der Waals surface area contributed by atoms with Crippen molar-refractivity contribution in [3.8, 4) is 11.5 Å². The van der Waals surface area contributed by atoms with E-state index in [1.54, 1.807) is 0 Å². The van der Waals surface area contributed by atoms with Gasteiger partial charge in [0.25, 0.3) is 0 Å². The number of hydrogen-bond donors (Lipinski definition) is 1. The van der Waals surface area contributed by atoms with Crippen LogP contribution in [0.3, 0.4) is 0 Å². The summed E-state index contributed by atoms with van der Waals surface area (Å²) in [6, 6.07) is 4.91. The lowest BCUT2D eigenvalue weighted by atomic mass is 9.78. The minimum atomic E-state index is 0.374. The van der Waals surface area contributed by atoms with Crippen LogP contribution in [0.1, 0.15) is 42.9 Å². The molecule has 1 aliphatic carbocycles. The first kappa shape index (κ1) is 10.7. The van der Waals surface area contributed by atoms with Gasteiger partial charge in [-0.2, -0.15) is 0 Å². The Balaban J connectivity index is 1.65. The summed E-state index contributed by atoms with van der Waals surface area (Å²) in [6.45, 7) is 1.46. The summed E-state index contributed by atoms with van der Waals surface area (Å²) in [5.41, 5.74) is 2.89. The molecule has 3 heteroatoms. The molecule has 0 saturated heterocycles. The molecule has 2 heterocycles. The Hall–Kier alpha value is -1.22. The van der Waals surface area contributed by atoms with Crippen LogP contribution in [0, 0.1) is 5.92 Å².